The maximum atomic E-state index is 12.9. The van der Waals surface area contributed by atoms with Crippen LogP contribution in [-0.2, 0) is 11.8 Å². The third kappa shape index (κ3) is 4.30. The van der Waals surface area contributed by atoms with Crippen LogP contribution in [0.15, 0.2) is 43.0 Å². The Morgan fingerprint density at radius 3 is 2.63 bits per heavy atom. The number of alkyl halides is 3. The lowest BCUT2D eigenvalue weighted by molar-refractivity contribution is -0.141. The summed E-state index contributed by atoms with van der Waals surface area (Å²) in [5, 5.41) is 13.7. The maximum absolute atomic E-state index is 12.9. The molecule has 1 radical (unpaired) electrons. The second-order valence-corrected chi connectivity index (χ2v) is 7.51. The highest BCUT2D eigenvalue weighted by molar-refractivity contribution is 5.59. The highest BCUT2D eigenvalue weighted by Crippen LogP contribution is 2.36. The van der Waals surface area contributed by atoms with Crippen LogP contribution in [0.5, 0.6) is 0 Å². The maximum Gasteiger partial charge on any atom is 0.433 e. The Hall–Kier alpha value is -2.94. The van der Waals surface area contributed by atoms with Gasteiger partial charge >= 0.3 is 6.18 Å². The minimum absolute atomic E-state index is 0.138. The second-order valence-electron chi connectivity index (χ2n) is 7.51. The number of aliphatic hydroxyl groups is 1. The Bertz CT molecular complexity index is 1040. The third-order valence-corrected chi connectivity index (χ3v) is 5.15. The molecule has 1 fully saturated rings. The predicted molar refractivity (Wildman–Crippen MR) is 105 cm³/mol. The Morgan fingerprint density at radius 2 is 1.90 bits per heavy atom. The average Bonchev–Trinajstić information content (AvgIpc) is 3.19. The fourth-order valence-electron chi connectivity index (χ4n) is 3.60. The van der Waals surface area contributed by atoms with Gasteiger partial charge in [0.15, 0.2) is 0 Å². The zero-order valence-electron chi connectivity index (χ0n) is 16.3. The average molecular weight is 416 g/mol. The molecule has 4 rings (SSSR count). The number of halogens is 3. The summed E-state index contributed by atoms with van der Waals surface area (Å²) in [6.07, 6.45) is 5.09. The monoisotopic (exact) mass is 416 g/mol. The van der Waals surface area contributed by atoms with Crippen molar-refractivity contribution < 1.29 is 18.3 Å². The van der Waals surface area contributed by atoms with Crippen molar-refractivity contribution in [3.8, 4) is 5.69 Å². The molecule has 3 aromatic rings. The van der Waals surface area contributed by atoms with Crippen molar-refractivity contribution in [2.45, 2.75) is 44.4 Å². The number of benzene rings is 1. The molecule has 2 N–H and O–H groups in total. The van der Waals surface area contributed by atoms with Gasteiger partial charge in [-0.3, -0.25) is 0 Å². The number of hydrogen-bond acceptors (Lipinski definition) is 5. The second kappa shape index (κ2) is 7.71. The number of anilines is 2. The van der Waals surface area contributed by atoms with Crippen LogP contribution in [0, 0.1) is 13.3 Å². The van der Waals surface area contributed by atoms with Gasteiger partial charge in [0.05, 0.1) is 12.0 Å². The molecule has 1 saturated carbocycles. The van der Waals surface area contributed by atoms with Crippen LogP contribution in [0.2, 0.25) is 0 Å². The Labute approximate surface area is 171 Å². The van der Waals surface area contributed by atoms with Gasteiger partial charge in [-0.15, -0.1) is 0 Å². The molecule has 30 heavy (non-hydrogen) atoms. The number of rotatable bonds is 4. The lowest BCUT2D eigenvalue weighted by Gasteiger charge is -2.30. The largest absolute Gasteiger partial charge is 0.433 e. The van der Waals surface area contributed by atoms with Crippen LogP contribution >= 0.6 is 0 Å². The molecule has 0 unspecified atom stereocenters. The first-order valence-electron chi connectivity index (χ1n) is 9.61. The Kier molecular flexibility index (Phi) is 5.23. The summed E-state index contributed by atoms with van der Waals surface area (Å²) in [6.45, 7) is 1.88. The van der Waals surface area contributed by atoms with Gasteiger partial charge in [0, 0.05) is 23.8 Å². The smallest absolute Gasteiger partial charge is 0.383 e. The summed E-state index contributed by atoms with van der Waals surface area (Å²) >= 11 is 0. The van der Waals surface area contributed by atoms with Gasteiger partial charge in [-0.1, -0.05) is 0 Å². The summed E-state index contributed by atoms with van der Waals surface area (Å²) in [4.78, 5) is 11.8. The minimum atomic E-state index is -4.54. The molecular formula is C21H21F3N5O. The zero-order valence-corrected chi connectivity index (χ0v) is 16.3. The summed E-state index contributed by atoms with van der Waals surface area (Å²) in [7, 11) is 0. The predicted octanol–water partition coefficient (Wildman–Crippen LogP) is 4.70. The fraction of sp³-hybridized carbons (Fsp3) is 0.333. The number of aromatic nitrogens is 4. The molecule has 0 amide bonds. The van der Waals surface area contributed by atoms with E-state index in [1.165, 1.54) is 0 Å². The van der Waals surface area contributed by atoms with Gasteiger partial charge in [-0.2, -0.15) is 13.2 Å². The molecule has 1 aromatic carbocycles. The van der Waals surface area contributed by atoms with Crippen LogP contribution in [-0.4, -0.2) is 24.6 Å². The van der Waals surface area contributed by atoms with Gasteiger partial charge in [0.25, 0.3) is 0 Å². The summed E-state index contributed by atoms with van der Waals surface area (Å²) < 4.78 is 40.5. The molecule has 0 bridgehead atoms. The molecule has 2 aromatic heterocycles. The molecule has 1 aliphatic carbocycles. The van der Waals surface area contributed by atoms with Crippen molar-refractivity contribution in [3.05, 3.63) is 66.4 Å². The highest BCUT2D eigenvalue weighted by atomic mass is 19.4. The highest BCUT2D eigenvalue weighted by Gasteiger charge is 2.34. The van der Waals surface area contributed by atoms with Crippen LogP contribution in [0.4, 0.5) is 24.8 Å². The van der Waals surface area contributed by atoms with Crippen molar-refractivity contribution in [3.63, 3.8) is 0 Å². The number of nitrogens with one attached hydrogen (secondary N) is 1. The lowest BCUT2D eigenvalue weighted by Crippen LogP contribution is -2.28. The van der Waals surface area contributed by atoms with Gasteiger partial charge in [-0.05, 0) is 68.9 Å². The summed E-state index contributed by atoms with van der Waals surface area (Å²) in [6, 6.07) is 6.30. The fourth-order valence-corrected chi connectivity index (χ4v) is 3.60. The Balaban J connectivity index is 1.60. The number of hydrogen-bond donors (Lipinski definition) is 2. The lowest BCUT2D eigenvalue weighted by atomic mass is 9.83. The first-order chi connectivity index (χ1) is 14.2. The van der Waals surface area contributed by atoms with Crippen molar-refractivity contribution >= 4 is 11.6 Å². The van der Waals surface area contributed by atoms with E-state index >= 15 is 0 Å². The van der Waals surface area contributed by atoms with Crippen LogP contribution < -0.4 is 5.32 Å². The molecule has 2 heterocycles. The molecule has 0 atom stereocenters. The summed E-state index contributed by atoms with van der Waals surface area (Å²) in [5.74, 6) is -0.138. The quantitative estimate of drug-likeness (QED) is 0.645. The number of nitrogens with zero attached hydrogens (tertiary/aromatic N) is 4. The molecule has 9 heteroatoms. The van der Waals surface area contributed by atoms with Crippen LogP contribution in [0.3, 0.4) is 0 Å². The molecule has 157 valence electrons. The van der Waals surface area contributed by atoms with E-state index < -0.39 is 17.5 Å². The topological polar surface area (TPSA) is 75.9 Å². The SMILES string of the molecule is Cc1cc(Nc2nccc(C(F)(F)F)n2)cc(-n2cnc(C3(O)CC[CH]CC3)c2)c1. The van der Waals surface area contributed by atoms with Crippen molar-refractivity contribution in [1.29, 1.82) is 0 Å². The number of imidazole rings is 1. The van der Waals surface area contributed by atoms with E-state index in [9.17, 15) is 18.3 Å². The van der Waals surface area contributed by atoms with Gasteiger partial charge in [-0.25, -0.2) is 15.0 Å². The Morgan fingerprint density at radius 1 is 1.13 bits per heavy atom. The van der Waals surface area contributed by atoms with E-state index in [0.29, 0.717) is 24.2 Å². The van der Waals surface area contributed by atoms with E-state index in [2.05, 4.69) is 26.7 Å². The van der Waals surface area contributed by atoms with E-state index in [1.54, 1.807) is 29.2 Å². The van der Waals surface area contributed by atoms with E-state index in [0.717, 1.165) is 36.4 Å². The van der Waals surface area contributed by atoms with Crippen LogP contribution in [0.25, 0.3) is 5.69 Å². The van der Waals surface area contributed by atoms with Crippen molar-refractivity contribution in [2.75, 3.05) is 5.32 Å². The number of aryl methyl sites for hydroxylation is 1. The first kappa shape index (κ1) is 20.3. The molecule has 0 aliphatic heterocycles. The standard InChI is InChI=1S/C21H21F3N5O/c1-14-9-15(27-19-25-8-5-17(28-19)21(22,23)24)11-16(10-14)29-12-18(26-13-29)20(30)6-3-2-4-7-20/h2,5,8-13,30H,3-4,6-7H2,1H3,(H,25,27,28). The van der Waals surface area contributed by atoms with Gasteiger partial charge < -0.3 is 15.0 Å². The minimum Gasteiger partial charge on any atom is -0.383 e. The zero-order chi connectivity index (χ0) is 21.4. The van der Waals surface area contributed by atoms with E-state index in [-0.39, 0.29) is 5.95 Å². The molecule has 1 aliphatic rings. The molecule has 0 saturated heterocycles. The van der Waals surface area contributed by atoms with Crippen molar-refractivity contribution in [2.24, 2.45) is 0 Å². The van der Waals surface area contributed by atoms with Crippen molar-refractivity contribution in [1.82, 2.24) is 19.5 Å². The van der Waals surface area contributed by atoms with Gasteiger partial charge in [0.2, 0.25) is 5.95 Å². The third-order valence-electron chi connectivity index (χ3n) is 5.15. The molecular weight excluding hydrogens is 395 g/mol. The molecule has 0 spiro atoms. The van der Waals surface area contributed by atoms with Gasteiger partial charge in [0.1, 0.15) is 11.3 Å². The van der Waals surface area contributed by atoms with E-state index in [4.69, 9.17) is 0 Å². The first-order valence-corrected chi connectivity index (χ1v) is 9.61. The normalized spacial score (nSPS) is 16.4. The summed E-state index contributed by atoms with van der Waals surface area (Å²) in [5.41, 5.74) is 0.873. The van der Waals surface area contributed by atoms with E-state index in [1.807, 2.05) is 13.0 Å². The van der Waals surface area contributed by atoms with Crippen LogP contribution in [0.1, 0.15) is 42.6 Å². The molecule has 6 nitrogen and oxygen atoms in total.